The van der Waals surface area contributed by atoms with Crippen molar-refractivity contribution in [3.8, 4) is 11.3 Å². The number of thioether (sulfide) groups is 1. The molecule has 2 aromatic rings. The summed E-state index contributed by atoms with van der Waals surface area (Å²) in [4.78, 5) is 19.3. The highest BCUT2D eigenvalue weighted by atomic mass is 32.2. The van der Waals surface area contributed by atoms with Crippen molar-refractivity contribution in [2.45, 2.75) is 11.3 Å². The number of nitrogens with two attached hydrogens (primary N) is 1. The Morgan fingerprint density at radius 3 is 3.06 bits per heavy atom. The molecule has 3 rings (SSSR count). The Labute approximate surface area is 102 Å². The number of nitrogen functional groups attached to an aromatic ring is 1. The first-order valence-corrected chi connectivity index (χ1v) is 6.35. The van der Waals surface area contributed by atoms with Crippen LogP contribution in [0, 0.1) is 0 Å². The summed E-state index contributed by atoms with van der Waals surface area (Å²) in [6, 6.07) is 8.03. The van der Waals surface area contributed by atoms with E-state index in [0.29, 0.717) is 10.6 Å². The van der Waals surface area contributed by atoms with Crippen molar-refractivity contribution in [3.05, 3.63) is 40.2 Å². The summed E-state index contributed by atoms with van der Waals surface area (Å²) in [6.07, 6.45) is 0.941. The van der Waals surface area contributed by atoms with Gasteiger partial charge in [-0.1, -0.05) is 24.3 Å². The van der Waals surface area contributed by atoms with Crippen LogP contribution >= 0.6 is 11.8 Å². The standard InChI is InChI=1S/C12H11N3OS/c13-12-14-9-8-4-2-1-3-7(8)5-6-17-10(9)11(16)15-12/h1-4H,5-6H2,(H3,13,14,15,16). The van der Waals surface area contributed by atoms with E-state index in [-0.39, 0.29) is 11.5 Å². The van der Waals surface area contributed by atoms with Gasteiger partial charge < -0.3 is 5.73 Å². The molecule has 0 atom stereocenters. The smallest absolute Gasteiger partial charge is 0.266 e. The van der Waals surface area contributed by atoms with E-state index < -0.39 is 0 Å². The van der Waals surface area contributed by atoms with Gasteiger partial charge in [-0.25, -0.2) is 4.98 Å². The first kappa shape index (κ1) is 10.4. The maximum atomic E-state index is 11.9. The van der Waals surface area contributed by atoms with Gasteiger partial charge in [0.1, 0.15) is 0 Å². The number of hydrogen-bond donors (Lipinski definition) is 2. The van der Waals surface area contributed by atoms with Crippen LogP contribution < -0.4 is 11.3 Å². The molecule has 1 aromatic carbocycles. The second-order valence-corrected chi connectivity index (χ2v) is 4.99. The number of rotatable bonds is 0. The fourth-order valence-electron chi connectivity index (χ4n) is 2.03. The van der Waals surface area contributed by atoms with Crippen LogP contribution in [0.2, 0.25) is 0 Å². The van der Waals surface area contributed by atoms with Gasteiger partial charge in [0.15, 0.2) is 0 Å². The molecule has 1 aliphatic heterocycles. The minimum atomic E-state index is -0.144. The van der Waals surface area contributed by atoms with Gasteiger partial charge in [-0.15, -0.1) is 11.8 Å². The lowest BCUT2D eigenvalue weighted by Crippen LogP contribution is -2.14. The maximum absolute atomic E-state index is 11.9. The van der Waals surface area contributed by atoms with Crippen molar-refractivity contribution >= 4 is 17.7 Å². The summed E-state index contributed by atoms with van der Waals surface area (Å²) < 4.78 is 0. The molecule has 0 amide bonds. The number of benzene rings is 1. The molecule has 0 radical (unpaired) electrons. The third-order valence-electron chi connectivity index (χ3n) is 2.79. The van der Waals surface area contributed by atoms with Gasteiger partial charge in [-0.3, -0.25) is 9.78 Å². The van der Waals surface area contributed by atoms with Crippen LogP contribution in [0.1, 0.15) is 5.56 Å². The van der Waals surface area contributed by atoms with Crippen molar-refractivity contribution in [2.24, 2.45) is 0 Å². The molecule has 2 heterocycles. The van der Waals surface area contributed by atoms with Gasteiger partial charge in [-0.05, 0) is 12.0 Å². The summed E-state index contributed by atoms with van der Waals surface area (Å²) >= 11 is 1.54. The lowest BCUT2D eigenvalue weighted by atomic mass is 10.0. The molecular formula is C12H11N3OS. The van der Waals surface area contributed by atoms with E-state index in [0.717, 1.165) is 17.7 Å². The van der Waals surface area contributed by atoms with Gasteiger partial charge in [0.25, 0.3) is 5.56 Å². The van der Waals surface area contributed by atoms with E-state index in [1.54, 1.807) is 0 Å². The summed E-state index contributed by atoms with van der Waals surface area (Å²) in [5, 5.41) is 0. The average molecular weight is 245 g/mol. The number of hydrogen-bond acceptors (Lipinski definition) is 4. The minimum absolute atomic E-state index is 0.144. The number of aryl methyl sites for hydroxylation is 1. The average Bonchev–Trinajstić information content (AvgIpc) is 2.49. The van der Waals surface area contributed by atoms with Crippen molar-refractivity contribution in [2.75, 3.05) is 11.5 Å². The second-order valence-electron chi connectivity index (χ2n) is 3.88. The number of aromatic amines is 1. The number of nitrogens with zero attached hydrogens (tertiary/aromatic N) is 1. The highest BCUT2D eigenvalue weighted by molar-refractivity contribution is 7.99. The Kier molecular flexibility index (Phi) is 2.40. The summed E-state index contributed by atoms with van der Waals surface area (Å²) in [5.74, 6) is 1.06. The van der Waals surface area contributed by atoms with Gasteiger partial charge >= 0.3 is 0 Å². The first-order valence-electron chi connectivity index (χ1n) is 5.36. The fraction of sp³-hybridized carbons (Fsp3) is 0.167. The lowest BCUT2D eigenvalue weighted by Gasteiger charge is -2.07. The zero-order valence-electron chi connectivity index (χ0n) is 9.06. The molecule has 0 unspecified atom stereocenters. The quantitative estimate of drug-likeness (QED) is 0.740. The molecule has 0 aliphatic carbocycles. The Hall–Kier alpha value is -1.75. The molecule has 0 spiro atoms. The SMILES string of the molecule is Nc1nc2c(c(=O)[nH]1)SCCc1ccccc1-2. The van der Waals surface area contributed by atoms with Crippen LogP contribution in [-0.2, 0) is 6.42 Å². The lowest BCUT2D eigenvalue weighted by molar-refractivity contribution is 1.06. The summed E-state index contributed by atoms with van der Waals surface area (Å²) in [6.45, 7) is 0. The molecule has 4 nitrogen and oxygen atoms in total. The van der Waals surface area contributed by atoms with E-state index >= 15 is 0 Å². The third kappa shape index (κ3) is 1.72. The number of fused-ring (bicyclic) bond motifs is 3. The van der Waals surface area contributed by atoms with E-state index in [1.807, 2.05) is 18.2 Å². The maximum Gasteiger partial charge on any atom is 0.266 e. The molecule has 1 aliphatic rings. The molecular weight excluding hydrogens is 234 g/mol. The second kappa shape index (κ2) is 3.92. The minimum Gasteiger partial charge on any atom is -0.369 e. The molecule has 17 heavy (non-hydrogen) atoms. The van der Waals surface area contributed by atoms with Crippen molar-refractivity contribution < 1.29 is 0 Å². The molecule has 3 N–H and O–H groups in total. The fourth-order valence-corrected chi connectivity index (χ4v) is 3.03. The molecule has 0 bridgehead atoms. The monoisotopic (exact) mass is 245 g/mol. The summed E-state index contributed by atoms with van der Waals surface area (Å²) in [7, 11) is 0. The van der Waals surface area contributed by atoms with E-state index in [2.05, 4.69) is 16.0 Å². The Morgan fingerprint density at radius 1 is 1.35 bits per heavy atom. The highest BCUT2D eigenvalue weighted by Gasteiger charge is 2.18. The van der Waals surface area contributed by atoms with Crippen LogP contribution in [0.5, 0.6) is 0 Å². The summed E-state index contributed by atoms with van der Waals surface area (Å²) in [5.41, 5.74) is 8.42. The third-order valence-corrected chi connectivity index (χ3v) is 3.86. The van der Waals surface area contributed by atoms with Crippen molar-refractivity contribution in [1.82, 2.24) is 9.97 Å². The largest absolute Gasteiger partial charge is 0.369 e. The van der Waals surface area contributed by atoms with Gasteiger partial charge in [0.2, 0.25) is 5.95 Å². The van der Waals surface area contributed by atoms with Crippen molar-refractivity contribution in [3.63, 3.8) is 0 Å². The van der Waals surface area contributed by atoms with Crippen LogP contribution in [0.25, 0.3) is 11.3 Å². The van der Waals surface area contributed by atoms with Gasteiger partial charge in [0, 0.05) is 11.3 Å². The van der Waals surface area contributed by atoms with Gasteiger partial charge in [-0.2, -0.15) is 0 Å². The molecule has 0 fully saturated rings. The number of nitrogens with one attached hydrogen (secondary N) is 1. The number of anilines is 1. The Balaban J connectivity index is 2.36. The van der Waals surface area contributed by atoms with Crippen LogP contribution in [-0.4, -0.2) is 15.7 Å². The molecule has 5 heteroatoms. The normalized spacial score (nSPS) is 13.6. The van der Waals surface area contributed by atoms with E-state index in [1.165, 1.54) is 17.3 Å². The van der Waals surface area contributed by atoms with Crippen molar-refractivity contribution in [1.29, 1.82) is 0 Å². The number of aromatic nitrogens is 2. The molecule has 0 saturated heterocycles. The molecule has 1 aromatic heterocycles. The zero-order chi connectivity index (χ0) is 11.8. The zero-order valence-corrected chi connectivity index (χ0v) is 9.88. The predicted octanol–water partition coefficient (Wildman–Crippen LogP) is 1.67. The Bertz CT molecular complexity index is 636. The van der Waals surface area contributed by atoms with E-state index in [4.69, 9.17) is 5.73 Å². The topological polar surface area (TPSA) is 71.8 Å². The van der Waals surface area contributed by atoms with Crippen LogP contribution in [0.3, 0.4) is 0 Å². The highest BCUT2D eigenvalue weighted by Crippen LogP contribution is 2.33. The van der Waals surface area contributed by atoms with E-state index in [9.17, 15) is 4.79 Å². The number of H-pyrrole nitrogens is 1. The van der Waals surface area contributed by atoms with Crippen LogP contribution in [0.4, 0.5) is 5.95 Å². The molecule has 0 saturated carbocycles. The first-order chi connectivity index (χ1) is 8.25. The Morgan fingerprint density at radius 2 is 2.18 bits per heavy atom. The predicted molar refractivity (Wildman–Crippen MR) is 69.1 cm³/mol. The van der Waals surface area contributed by atoms with Gasteiger partial charge in [0.05, 0.1) is 10.6 Å². The molecule has 86 valence electrons. The van der Waals surface area contributed by atoms with Crippen LogP contribution in [0.15, 0.2) is 34.0 Å².